The van der Waals surface area contributed by atoms with E-state index < -0.39 is 0 Å². The summed E-state index contributed by atoms with van der Waals surface area (Å²) < 4.78 is 1.42. The van der Waals surface area contributed by atoms with Gasteiger partial charge in [0.05, 0.1) is 0 Å². The average Bonchev–Trinajstić information content (AvgIpc) is 3.47. The fourth-order valence-electron chi connectivity index (χ4n) is 4.13. The molecule has 3 heteroatoms. The number of fused-ring (bicyclic) bond motifs is 3. The van der Waals surface area contributed by atoms with Crippen molar-refractivity contribution in [3.63, 3.8) is 0 Å². The zero-order valence-corrected chi connectivity index (χ0v) is 24.5. The smallest absolute Gasteiger partial charge is 0.0253 e. The van der Waals surface area contributed by atoms with Gasteiger partial charge in [-0.05, 0) is 6.42 Å². The molecular formula is C33H28Cl2Zr-2. The standard InChI is InChI=1S/C13H9.C13H10.C7H9.2ClH.Zr/c1-3-7-12-10(5-1)9-11-6-2-4-8-13(11)12;1-3-7-12(8-4-1)11-13-9-5-2-6-10-13;1-6-3-4-7(2)5-6;;;/h1-5,7-8H,9H2;1-10H;3,5,7H,1-2H3;2*1H;/q-1;;-1;;;+2/p-2. The summed E-state index contributed by atoms with van der Waals surface area (Å²) >= 11 is 1.46. The van der Waals surface area contributed by atoms with Gasteiger partial charge in [-0.1, -0.05) is 48.2 Å². The maximum absolute atomic E-state index is 3.30. The minimum Gasteiger partial charge on any atom is -0.179 e. The Morgan fingerprint density at radius 1 is 0.750 bits per heavy atom. The molecule has 1 atom stereocenters. The summed E-state index contributed by atoms with van der Waals surface area (Å²) in [6, 6.07) is 39.2. The molecule has 0 radical (unpaired) electrons. The van der Waals surface area contributed by atoms with Gasteiger partial charge in [-0.15, -0.1) is 12.5 Å². The van der Waals surface area contributed by atoms with Gasteiger partial charge in [0.2, 0.25) is 0 Å². The molecule has 0 fully saturated rings. The Kier molecular flexibility index (Phi) is 12.5. The van der Waals surface area contributed by atoms with Crippen molar-refractivity contribution < 1.29 is 49.0 Å². The van der Waals surface area contributed by atoms with E-state index in [0.29, 0.717) is 5.92 Å². The molecule has 4 aromatic rings. The summed E-state index contributed by atoms with van der Waals surface area (Å²) in [5.41, 5.74) is 9.51. The Hall–Kier alpha value is -2.31. The maximum atomic E-state index is 3.30. The van der Waals surface area contributed by atoms with Crippen LogP contribution in [0.1, 0.15) is 36.1 Å². The second-order valence-corrected chi connectivity index (χ2v) is 9.74. The minimum atomic E-state index is 0. The van der Waals surface area contributed by atoms with Crippen molar-refractivity contribution >= 4 is 3.21 Å². The summed E-state index contributed by atoms with van der Waals surface area (Å²) in [7, 11) is 0. The van der Waals surface area contributed by atoms with Crippen molar-refractivity contribution in [2.24, 2.45) is 5.92 Å². The minimum absolute atomic E-state index is 0. The van der Waals surface area contributed by atoms with Gasteiger partial charge in [0.15, 0.2) is 0 Å². The molecule has 0 aliphatic heterocycles. The van der Waals surface area contributed by atoms with Crippen LogP contribution in [0, 0.1) is 18.1 Å². The van der Waals surface area contributed by atoms with Crippen LogP contribution < -0.4 is 24.8 Å². The van der Waals surface area contributed by atoms with Crippen LogP contribution in [0.4, 0.5) is 0 Å². The summed E-state index contributed by atoms with van der Waals surface area (Å²) in [4.78, 5) is 0. The van der Waals surface area contributed by atoms with Crippen LogP contribution >= 0.6 is 0 Å². The molecule has 1 unspecified atom stereocenters. The Morgan fingerprint density at radius 2 is 1.31 bits per heavy atom. The van der Waals surface area contributed by atoms with Crippen molar-refractivity contribution in [3.05, 3.63) is 155 Å². The van der Waals surface area contributed by atoms with E-state index in [-0.39, 0.29) is 24.8 Å². The molecule has 0 nitrogen and oxygen atoms in total. The molecule has 0 heterocycles. The second kappa shape index (κ2) is 15.1. The predicted octanol–water partition coefficient (Wildman–Crippen LogP) is 1.81. The van der Waals surface area contributed by atoms with Gasteiger partial charge in [0.1, 0.15) is 0 Å². The molecule has 2 aliphatic carbocycles. The topological polar surface area (TPSA) is 0 Å². The zero-order valence-electron chi connectivity index (χ0n) is 20.5. The van der Waals surface area contributed by atoms with Crippen LogP contribution in [0.2, 0.25) is 0 Å². The number of rotatable bonds is 2. The molecule has 0 amide bonds. The van der Waals surface area contributed by atoms with Gasteiger partial charge in [0.25, 0.3) is 0 Å². The number of allylic oxidation sites excluding steroid dienone is 4. The van der Waals surface area contributed by atoms with E-state index in [1.807, 2.05) is 12.1 Å². The molecule has 0 saturated carbocycles. The average molecular weight is 587 g/mol. The first-order valence-corrected chi connectivity index (χ1v) is 12.9. The van der Waals surface area contributed by atoms with E-state index in [9.17, 15) is 0 Å². The molecule has 0 bridgehead atoms. The Labute approximate surface area is 243 Å². The third kappa shape index (κ3) is 8.11. The Balaban J connectivity index is 0.000000194. The van der Waals surface area contributed by atoms with Crippen molar-refractivity contribution in [1.82, 2.24) is 0 Å². The van der Waals surface area contributed by atoms with Crippen LogP contribution in [0.3, 0.4) is 0 Å². The van der Waals surface area contributed by atoms with E-state index in [4.69, 9.17) is 0 Å². The van der Waals surface area contributed by atoms with Crippen LogP contribution in [0.5, 0.6) is 0 Å². The van der Waals surface area contributed by atoms with Crippen molar-refractivity contribution in [3.8, 4) is 11.1 Å². The summed E-state index contributed by atoms with van der Waals surface area (Å²) in [6.45, 7) is 4.23. The van der Waals surface area contributed by atoms with Crippen molar-refractivity contribution in [2.45, 2.75) is 20.3 Å². The SMILES string of the molecule is CC1=CC(C)[C-]=C1.[Cl-].[Cl-].[Zr+2]=[C](c1ccccc1)c1ccccc1.[c-]1cccc2c1Cc1ccccc1-2. The fourth-order valence-corrected chi connectivity index (χ4v) is 4.95. The quantitative estimate of drug-likeness (QED) is 0.277. The monoisotopic (exact) mass is 584 g/mol. The predicted molar refractivity (Wildman–Crippen MR) is 140 cm³/mol. The normalized spacial score (nSPS) is 13.8. The van der Waals surface area contributed by atoms with E-state index in [2.05, 4.69) is 129 Å². The largest absolute Gasteiger partial charge is 0.179 e. The molecular weight excluding hydrogens is 558 g/mol. The second-order valence-electron chi connectivity index (χ2n) is 8.51. The summed E-state index contributed by atoms with van der Waals surface area (Å²) in [5, 5.41) is 0. The van der Waals surface area contributed by atoms with Gasteiger partial charge in [-0.25, -0.2) is 11.6 Å². The fraction of sp³-hybridized carbons (Fsp3) is 0.121. The third-order valence-electron chi connectivity index (χ3n) is 5.83. The van der Waals surface area contributed by atoms with Crippen LogP contribution in [-0.4, -0.2) is 3.21 Å². The van der Waals surface area contributed by atoms with Crippen molar-refractivity contribution in [2.75, 3.05) is 0 Å². The molecule has 6 rings (SSSR count). The van der Waals surface area contributed by atoms with E-state index in [1.54, 1.807) is 0 Å². The molecule has 4 aromatic carbocycles. The Morgan fingerprint density at radius 3 is 1.83 bits per heavy atom. The summed E-state index contributed by atoms with van der Waals surface area (Å²) in [6.07, 6.45) is 8.43. The first kappa shape index (κ1) is 29.9. The molecule has 0 saturated heterocycles. The van der Waals surface area contributed by atoms with Crippen LogP contribution in [0.15, 0.2) is 121 Å². The van der Waals surface area contributed by atoms with Gasteiger partial charge in [0, 0.05) is 0 Å². The zero-order chi connectivity index (χ0) is 23.8. The number of hydrogen-bond acceptors (Lipinski definition) is 0. The van der Waals surface area contributed by atoms with E-state index >= 15 is 0 Å². The number of benzene rings is 4. The first-order valence-electron chi connectivity index (χ1n) is 11.7. The first-order chi connectivity index (χ1) is 16.6. The molecule has 180 valence electrons. The van der Waals surface area contributed by atoms with Crippen molar-refractivity contribution in [1.29, 1.82) is 0 Å². The van der Waals surface area contributed by atoms with Crippen LogP contribution in [0.25, 0.3) is 11.1 Å². The Bertz CT molecular complexity index is 1220. The third-order valence-corrected chi connectivity index (χ3v) is 7.25. The van der Waals surface area contributed by atoms with Gasteiger partial charge < -0.3 is 24.8 Å². The van der Waals surface area contributed by atoms with Gasteiger partial charge >= 0.3 is 99.2 Å². The molecule has 0 spiro atoms. The molecule has 0 N–H and O–H groups in total. The maximum Gasteiger partial charge on any atom is -0.0253 e. The molecule has 2 aliphatic rings. The van der Waals surface area contributed by atoms with Crippen LogP contribution in [-0.2, 0) is 30.7 Å². The molecule has 36 heavy (non-hydrogen) atoms. The number of hydrogen-bond donors (Lipinski definition) is 0. The number of halogens is 2. The van der Waals surface area contributed by atoms with E-state index in [0.717, 1.165) is 6.42 Å². The van der Waals surface area contributed by atoms with Gasteiger partial charge in [-0.2, -0.15) is 35.9 Å². The van der Waals surface area contributed by atoms with Gasteiger partial charge in [-0.3, -0.25) is 6.08 Å². The molecule has 0 aromatic heterocycles. The van der Waals surface area contributed by atoms with E-state index in [1.165, 1.54) is 66.4 Å². The summed E-state index contributed by atoms with van der Waals surface area (Å²) in [5.74, 6) is 0.556.